The maximum absolute atomic E-state index is 12.9. The van der Waals surface area contributed by atoms with E-state index >= 15 is 0 Å². The van der Waals surface area contributed by atoms with Crippen LogP contribution in [0.15, 0.2) is 24.4 Å². The van der Waals surface area contributed by atoms with E-state index in [2.05, 4.69) is 16.9 Å². The molecule has 0 aliphatic carbocycles. The van der Waals surface area contributed by atoms with E-state index in [0.29, 0.717) is 25.4 Å². The standard InChI is InChI=1S/C23H30N4O2/c1-16-4-5-21(29-3)18(12-16)13-22(28)27-11-8-20-19(15-27)14-24-23(25-20)17-6-9-26(2)10-7-17/h4-5,12,14,17H,6-11,13,15H2,1-3H3. The van der Waals surface area contributed by atoms with Gasteiger partial charge in [0.25, 0.3) is 0 Å². The fraction of sp³-hybridized carbons (Fsp3) is 0.522. The number of carbonyl (C=O) groups is 1. The minimum absolute atomic E-state index is 0.124. The van der Waals surface area contributed by atoms with Gasteiger partial charge in [0, 0.05) is 42.8 Å². The van der Waals surface area contributed by atoms with Crippen molar-refractivity contribution in [3.63, 3.8) is 0 Å². The zero-order valence-electron chi connectivity index (χ0n) is 17.6. The van der Waals surface area contributed by atoms with Crippen molar-refractivity contribution < 1.29 is 9.53 Å². The number of rotatable bonds is 4. The van der Waals surface area contributed by atoms with Crippen molar-refractivity contribution in [1.29, 1.82) is 0 Å². The monoisotopic (exact) mass is 394 g/mol. The first-order chi connectivity index (χ1) is 14.0. The minimum atomic E-state index is 0.124. The Morgan fingerprint density at radius 3 is 2.79 bits per heavy atom. The highest BCUT2D eigenvalue weighted by molar-refractivity contribution is 5.80. The first-order valence-electron chi connectivity index (χ1n) is 10.5. The predicted octanol–water partition coefficient (Wildman–Crippen LogP) is 2.73. The molecule has 0 spiro atoms. The topological polar surface area (TPSA) is 58.6 Å². The Hall–Kier alpha value is -2.47. The molecule has 0 bridgehead atoms. The molecule has 4 rings (SSSR count). The summed E-state index contributed by atoms with van der Waals surface area (Å²) in [7, 11) is 3.82. The third-order valence-corrected chi connectivity index (χ3v) is 6.17. The fourth-order valence-corrected chi connectivity index (χ4v) is 4.33. The number of carbonyl (C=O) groups excluding carboxylic acids is 1. The first kappa shape index (κ1) is 19.8. The highest BCUT2D eigenvalue weighted by Gasteiger charge is 2.26. The fourth-order valence-electron chi connectivity index (χ4n) is 4.33. The Labute approximate surface area is 172 Å². The molecule has 1 fully saturated rings. The molecule has 1 amide bonds. The molecule has 2 aliphatic rings. The van der Waals surface area contributed by atoms with Crippen molar-refractivity contribution in [2.24, 2.45) is 0 Å². The number of amides is 1. The number of nitrogens with zero attached hydrogens (tertiary/aromatic N) is 4. The second-order valence-corrected chi connectivity index (χ2v) is 8.34. The lowest BCUT2D eigenvalue weighted by molar-refractivity contribution is -0.131. The molecule has 1 aromatic carbocycles. The Morgan fingerprint density at radius 1 is 1.24 bits per heavy atom. The van der Waals surface area contributed by atoms with Gasteiger partial charge in [-0.2, -0.15) is 0 Å². The minimum Gasteiger partial charge on any atom is -0.496 e. The Morgan fingerprint density at radius 2 is 2.03 bits per heavy atom. The van der Waals surface area contributed by atoms with Crippen molar-refractivity contribution in [1.82, 2.24) is 19.8 Å². The van der Waals surface area contributed by atoms with Gasteiger partial charge in [0.1, 0.15) is 11.6 Å². The summed E-state index contributed by atoms with van der Waals surface area (Å²) in [5.74, 6) is 2.34. The number of fused-ring (bicyclic) bond motifs is 1. The lowest BCUT2D eigenvalue weighted by Gasteiger charge is -2.30. The van der Waals surface area contributed by atoms with Crippen LogP contribution in [0.5, 0.6) is 5.75 Å². The van der Waals surface area contributed by atoms with Gasteiger partial charge in [0.2, 0.25) is 5.91 Å². The second-order valence-electron chi connectivity index (χ2n) is 8.34. The molecule has 6 nitrogen and oxygen atoms in total. The molecule has 0 saturated carbocycles. The molecule has 0 N–H and O–H groups in total. The zero-order valence-corrected chi connectivity index (χ0v) is 17.6. The SMILES string of the molecule is COc1ccc(C)cc1CC(=O)N1CCc2nc(C3CCN(C)CC3)ncc2C1. The van der Waals surface area contributed by atoms with Crippen molar-refractivity contribution >= 4 is 5.91 Å². The summed E-state index contributed by atoms with van der Waals surface area (Å²) >= 11 is 0. The smallest absolute Gasteiger partial charge is 0.227 e. The highest BCUT2D eigenvalue weighted by Crippen LogP contribution is 2.27. The number of piperidine rings is 1. The van der Waals surface area contributed by atoms with Gasteiger partial charge in [-0.05, 0) is 46.0 Å². The van der Waals surface area contributed by atoms with Gasteiger partial charge in [-0.15, -0.1) is 0 Å². The van der Waals surface area contributed by atoms with Crippen LogP contribution in [0.25, 0.3) is 0 Å². The molecule has 29 heavy (non-hydrogen) atoms. The van der Waals surface area contributed by atoms with E-state index in [-0.39, 0.29) is 5.91 Å². The number of benzene rings is 1. The largest absolute Gasteiger partial charge is 0.496 e. The van der Waals surface area contributed by atoms with E-state index in [0.717, 1.165) is 66.3 Å². The molecule has 2 aromatic rings. The number of ether oxygens (including phenoxy) is 1. The van der Waals surface area contributed by atoms with E-state index in [1.165, 1.54) is 0 Å². The van der Waals surface area contributed by atoms with Crippen LogP contribution in [-0.4, -0.2) is 59.5 Å². The van der Waals surface area contributed by atoms with E-state index in [1.54, 1.807) is 7.11 Å². The summed E-state index contributed by atoms with van der Waals surface area (Å²) in [6, 6.07) is 5.97. The van der Waals surface area contributed by atoms with Crippen molar-refractivity contribution in [3.8, 4) is 5.75 Å². The van der Waals surface area contributed by atoms with E-state index < -0.39 is 0 Å². The molecule has 0 unspecified atom stereocenters. The van der Waals surface area contributed by atoms with Gasteiger partial charge in [-0.25, -0.2) is 9.97 Å². The van der Waals surface area contributed by atoms with E-state index in [4.69, 9.17) is 9.72 Å². The maximum Gasteiger partial charge on any atom is 0.227 e. The third-order valence-electron chi connectivity index (χ3n) is 6.17. The summed E-state index contributed by atoms with van der Waals surface area (Å²) in [6.45, 7) is 5.55. The number of aromatic nitrogens is 2. The van der Waals surface area contributed by atoms with Crippen LogP contribution in [0.2, 0.25) is 0 Å². The average molecular weight is 395 g/mol. The van der Waals surface area contributed by atoms with Crippen LogP contribution < -0.4 is 4.74 Å². The second kappa shape index (κ2) is 8.49. The van der Waals surface area contributed by atoms with Crippen molar-refractivity contribution in [2.75, 3.05) is 33.8 Å². The normalized spacial score (nSPS) is 17.8. The van der Waals surface area contributed by atoms with Gasteiger partial charge >= 0.3 is 0 Å². The van der Waals surface area contributed by atoms with Crippen molar-refractivity contribution in [3.05, 3.63) is 52.6 Å². The zero-order chi connectivity index (χ0) is 20.4. The number of methoxy groups -OCH3 is 1. The van der Waals surface area contributed by atoms with Crippen LogP contribution >= 0.6 is 0 Å². The Balaban J connectivity index is 1.43. The van der Waals surface area contributed by atoms with Crippen LogP contribution in [-0.2, 0) is 24.2 Å². The number of likely N-dealkylation sites (tertiary alicyclic amines) is 1. The highest BCUT2D eigenvalue weighted by atomic mass is 16.5. The molecule has 154 valence electrons. The van der Waals surface area contributed by atoms with Crippen LogP contribution in [0.3, 0.4) is 0 Å². The van der Waals surface area contributed by atoms with Gasteiger partial charge in [0.15, 0.2) is 0 Å². The molecule has 0 radical (unpaired) electrons. The first-order valence-corrected chi connectivity index (χ1v) is 10.5. The predicted molar refractivity (Wildman–Crippen MR) is 112 cm³/mol. The number of hydrogen-bond donors (Lipinski definition) is 0. The molecular formula is C23H30N4O2. The van der Waals surface area contributed by atoms with E-state index in [9.17, 15) is 4.79 Å². The summed E-state index contributed by atoms with van der Waals surface area (Å²) in [4.78, 5) is 26.8. The molecule has 2 aliphatic heterocycles. The van der Waals surface area contributed by atoms with Gasteiger partial charge in [-0.3, -0.25) is 4.79 Å². The molecular weight excluding hydrogens is 364 g/mol. The summed E-state index contributed by atoms with van der Waals surface area (Å²) in [5, 5.41) is 0. The summed E-state index contributed by atoms with van der Waals surface area (Å²) < 4.78 is 5.43. The van der Waals surface area contributed by atoms with Crippen LogP contribution in [0, 0.1) is 6.92 Å². The molecule has 3 heterocycles. The lowest BCUT2D eigenvalue weighted by Crippen LogP contribution is -2.37. The quantitative estimate of drug-likeness (QED) is 0.798. The Kier molecular flexibility index (Phi) is 5.81. The Bertz CT molecular complexity index is 890. The maximum atomic E-state index is 12.9. The summed E-state index contributed by atoms with van der Waals surface area (Å²) in [5.41, 5.74) is 4.27. The number of hydrogen-bond acceptors (Lipinski definition) is 5. The molecule has 6 heteroatoms. The van der Waals surface area contributed by atoms with Gasteiger partial charge in [-0.1, -0.05) is 17.7 Å². The van der Waals surface area contributed by atoms with Crippen LogP contribution in [0.4, 0.5) is 0 Å². The molecule has 0 atom stereocenters. The van der Waals surface area contributed by atoms with Crippen molar-refractivity contribution in [2.45, 2.75) is 45.1 Å². The number of aryl methyl sites for hydroxylation is 1. The summed E-state index contributed by atoms with van der Waals surface area (Å²) in [6.07, 6.45) is 5.35. The third kappa shape index (κ3) is 4.42. The van der Waals surface area contributed by atoms with Gasteiger partial charge < -0.3 is 14.5 Å². The average Bonchev–Trinajstić information content (AvgIpc) is 2.73. The van der Waals surface area contributed by atoms with Gasteiger partial charge in [0.05, 0.1) is 19.2 Å². The molecule has 1 aromatic heterocycles. The van der Waals surface area contributed by atoms with Crippen LogP contribution in [0.1, 0.15) is 47.0 Å². The van der Waals surface area contributed by atoms with E-state index in [1.807, 2.05) is 36.2 Å². The lowest BCUT2D eigenvalue weighted by atomic mass is 9.95. The molecule has 1 saturated heterocycles.